The number of ether oxygens (including phenoxy) is 2. The highest BCUT2D eigenvalue weighted by atomic mass is 79.9. The molecule has 0 bridgehead atoms. The van der Waals surface area contributed by atoms with Gasteiger partial charge in [0.1, 0.15) is 39.6 Å². The molecule has 5 rings (SSSR count). The van der Waals surface area contributed by atoms with Gasteiger partial charge in [-0.15, -0.1) is 0 Å². The summed E-state index contributed by atoms with van der Waals surface area (Å²) in [5, 5.41) is 26.2. The van der Waals surface area contributed by atoms with Gasteiger partial charge in [-0.25, -0.2) is 0 Å². The van der Waals surface area contributed by atoms with Gasteiger partial charge in [0.05, 0.1) is 12.7 Å². The van der Waals surface area contributed by atoms with Crippen LogP contribution < -0.4 is 14.8 Å². The smallest absolute Gasteiger partial charge is 0.259 e. The van der Waals surface area contributed by atoms with Gasteiger partial charge < -0.3 is 25.0 Å². The van der Waals surface area contributed by atoms with Crippen LogP contribution in [0.25, 0.3) is 10.8 Å². The number of halogens is 1. The number of carbonyl (C=O) groups is 3. The van der Waals surface area contributed by atoms with Gasteiger partial charge in [0.15, 0.2) is 17.3 Å². The van der Waals surface area contributed by atoms with E-state index < -0.39 is 34.2 Å². The minimum Gasteiger partial charge on any atom is -0.507 e. The van der Waals surface area contributed by atoms with E-state index in [2.05, 4.69) is 21.2 Å². The molecule has 2 aliphatic rings. The predicted octanol–water partition coefficient (Wildman–Crippen LogP) is 5.07. The summed E-state index contributed by atoms with van der Waals surface area (Å²) in [5.41, 5.74) is -0.115. The van der Waals surface area contributed by atoms with Crippen LogP contribution in [0.1, 0.15) is 40.9 Å². The second-order valence-corrected chi connectivity index (χ2v) is 10.3. The van der Waals surface area contributed by atoms with Gasteiger partial charge in [0.2, 0.25) is 0 Å². The molecule has 3 aromatic rings. The third-order valence-electron chi connectivity index (χ3n) is 7.19. The number of nitrogens with one attached hydrogen (secondary N) is 1. The Hall–Kier alpha value is -4.11. The van der Waals surface area contributed by atoms with E-state index in [0.29, 0.717) is 0 Å². The lowest BCUT2D eigenvalue weighted by Crippen LogP contribution is -2.38. The highest BCUT2D eigenvalue weighted by Crippen LogP contribution is 2.56. The summed E-state index contributed by atoms with van der Waals surface area (Å²) in [4.78, 5) is 39.2. The molecule has 0 spiro atoms. The van der Waals surface area contributed by atoms with Gasteiger partial charge in [0, 0.05) is 23.2 Å². The molecular weight excluding hydrogens is 554 g/mol. The van der Waals surface area contributed by atoms with Crippen molar-refractivity contribution >= 4 is 44.2 Å². The highest BCUT2D eigenvalue weighted by molar-refractivity contribution is 9.10. The molecule has 0 unspecified atom stereocenters. The molecule has 3 N–H and O–H groups in total. The molecule has 0 saturated heterocycles. The maximum Gasteiger partial charge on any atom is 0.259 e. The van der Waals surface area contributed by atoms with Crippen LogP contribution in [0.4, 0.5) is 0 Å². The van der Waals surface area contributed by atoms with Crippen LogP contribution >= 0.6 is 15.9 Å². The topological polar surface area (TPSA) is 122 Å². The third kappa shape index (κ3) is 3.60. The van der Waals surface area contributed by atoms with Crippen LogP contribution in [0, 0.1) is 6.92 Å². The minimum absolute atomic E-state index is 0.00708. The summed E-state index contributed by atoms with van der Waals surface area (Å²) in [6.45, 7) is 4.79. The molecule has 38 heavy (non-hydrogen) atoms. The van der Waals surface area contributed by atoms with Crippen molar-refractivity contribution in [3.05, 3.63) is 86.3 Å². The quantitative estimate of drug-likeness (QED) is 0.362. The van der Waals surface area contributed by atoms with E-state index in [0.717, 1.165) is 26.4 Å². The number of methoxy groups -OCH3 is 1. The SMILES string of the molecule is COc1cc(O)c2c(c1C(=O)NCc1c(C)cc(Br)c3ccccc13)OC1=CC(O)=C(C(C)=O)C(=O)[C@]12C. The number of aryl methyl sites for hydroxylation is 1. The Morgan fingerprint density at radius 1 is 1.16 bits per heavy atom. The molecule has 1 aliphatic heterocycles. The van der Waals surface area contributed by atoms with Gasteiger partial charge in [-0.2, -0.15) is 0 Å². The minimum atomic E-state index is -1.62. The Labute approximate surface area is 226 Å². The summed E-state index contributed by atoms with van der Waals surface area (Å²) in [6, 6.07) is 11.1. The largest absolute Gasteiger partial charge is 0.507 e. The van der Waals surface area contributed by atoms with Crippen LogP contribution in [-0.4, -0.2) is 34.8 Å². The van der Waals surface area contributed by atoms with E-state index in [1.54, 1.807) is 0 Å². The van der Waals surface area contributed by atoms with Crippen LogP contribution in [0.2, 0.25) is 0 Å². The van der Waals surface area contributed by atoms with Gasteiger partial charge in [-0.3, -0.25) is 14.4 Å². The molecule has 194 valence electrons. The number of amides is 1. The second-order valence-electron chi connectivity index (χ2n) is 9.44. The van der Waals surface area contributed by atoms with Crippen molar-refractivity contribution in [1.82, 2.24) is 5.32 Å². The fraction of sp³-hybridized carbons (Fsp3) is 0.207. The maximum absolute atomic E-state index is 13.6. The summed E-state index contributed by atoms with van der Waals surface area (Å²) in [5.74, 6) is -2.82. The lowest BCUT2D eigenvalue weighted by molar-refractivity contribution is -0.123. The maximum atomic E-state index is 13.6. The number of benzene rings is 3. The number of aliphatic hydroxyl groups excluding tert-OH is 1. The molecule has 0 saturated carbocycles. The summed E-state index contributed by atoms with van der Waals surface area (Å²) in [6.07, 6.45) is 1.17. The van der Waals surface area contributed by atoms with Crippen LogP contribution in [0.15, 0.2) is 64.0 Å². The monoisotopic (exact) mass is 577 g/mol. The number of carbonyl (C=O) groups excluding carboxylic acids is 3. The number of hydrogen-bond acceptors (Lipinski definition) is 7. The van der Waals surface area contributed by atoms with Crippen molar-refractivity contribution in [1.29, 1.82) is 0 Å². The molecule has 9 heteroatoms. The predicted molar refractivity (Wildman–Crippen MR) is 144 cm³/mol. The first-order chi connectivity index (χ1) is 18.0. The molecule has 1 aliphatic carbocycles. The molecule has 0 radical (unpaired) electrons. The number of ketones is 2. The highest BCUT2D eigenvalue weighted by Gasteiger charge is 2.55. The fourth-order valence-electron chi connectivity index (χ4n) is 5.23. The first kappa shape index (κ1) is 25.5. The molecule has 1 heterocycles. The average molecular weight is 578 g/mol. The number of aliphatic hydroxyl groups is 1. The lowest BCUT2D eigenvalue weighted by Gasteiger charge is -2.27. The zero-order valence-electron chi connectivity index (χ0n) is 21.1. The van der Waals surface area contributed by atoms with Crippen LogP contribution in [0.5, 0.6) is 17.2 Å². The van der Waals surface area contributed by atoms with Crippen molar-refractivity contribution in [3.8, 4) is 17.2 Å². The van der Waals surface area contributed by atoms with Gasteiger partial charge in [0.25, 0.3) is 5.91 Å². The normalized spacial score (nSPS) is 18.0. The molecule has 0 aromatic heterocycles. The number of fused-ring (bicyclic) bond motifs is 4. The molecule has 1 amide bonds. The average Bonchev–Trinajstić information content (AvgIpc) is 3.17. The molecule has 0 fully saturated rings. The third-order valence-corrected chi connectivity index (χ3v) is 7.84. The van der Waals surface area contributed by atoms with Crippen molar-refractivity contribution < 1.29 is 34.1 Å². The van der Waals surface area contributed by atoms with E-state index >= 15 is 0 Å². The Morgan fingerprint density at radius 3 is 2.50 bits per heavy atom. The number of hydrogen-bond donors (Lipinski definition) is 3. The number of rotatable bonds is 5. The van der Waals surface area contributed by atoms with Crippen molar-refractivity contribution in [2.24, 2.45) is 0 Å². The molecular formula is C29H24BrNO7. The van der Waals surface area contributed by atoms with Crippen LogP contribution in [0.3, 0.4) is 0 Å². The lowest BCUT2D eigenvalue weighted by atomic mass is 9.71. The first-order valence-electron chi connectivity index (χ1n) is 11.8. The zero-order valence-corrected chi connectivity index (χ0v) is 22.6. The standard InChI is InChI=1S/C29H24BrNO7/c1-13-9-18(30)16-8-6-5-7-15(16)17(13)12-31-28(36)24-21(37-4)10-20(34)25-26(24)38-22-11-19(33)23(14(2)32)27(35)29(22,25)3/h5-11,33-34H,12H2,1-4H3,(H,31,36)/t29-/m1/s1. The van der Waals surface area contributed by atoms with E-state index in [1.807, 2.05) is 37.3 Å². The number of aromatic hydroxyl groups is 1. The Bertz CT molecular complexity index is 1650. The molecule has 1 atom stereocenters. The number of phenolic OH excluding ortho intramolecular Hbond substituents is 1. The zero-order chi connectivity index (χ0) is 27.5. The van der Waals surface area contributed by atoms with Crippen molar-refractivity contribution in [2.45, 2.75) is 32.7 Å². The number of phenols is 1. The summed E-state index contributed by atoms with van der Waals surface area (Å²) in [7, 11) is 1.35. The van der Waals surface area contributed by atoms with Gasteiger partial charge in [-0.05, 0) is 48.7 Å². The van der Waals surface area contributed by atoms with Gasteiger partial charge >= 0.3 is 0 Å². The summed E-state index contributed by atoms with van der Waals surface area (Å²) >= 11 is 3.60. The van der Waals surface area contributed by atoms with Gasteiger partial charge in [-0.1, -0.05) is 40.2 Å². The van der Waals surface area contributed by atoms with E-state index in [4.69, 9.17) is 9.47 Å². The Morgan fingerprint density at radius 2 is 1.84 bits per heavy atom. The fourth-order valence-corrected chi connectivity index (χ4v) is 5.92. The summed E-state index contributed by atoms with van der Waals surface area (Å²) < 4.78 is 12.3. The number of Topliss-reactive ketones (excluding diaryl/α,β-unsaturated/α-hetero) is 2. The second kappa shape index (κ2) is 9.02. The van der Waals surface area contributed by atoms with E-state index in [9.17, 15) is 24.6 Å². The van der Waals surface area contributed by atoms with E-state index in [-0.39, 0.29) is 40.7 Å². The first-order valence-corrected chi connectivity index (χ1v) is 12.6. The molecule has 8 nitrogen and oxygen atoms in total. The van der Waals surface area contributed by atoms with Crippen molar-refractivity contribution in [2.75, 3.05) is 7.11 Å². The Balaban J connectivity index is 1.59. The molecule has 3 aromatic carbocycles. The van der Waals surface area contributed by atoms with Crippen molar-refractivity contribution in [3.63, 3.8) is 0 Å². The number of allylic oxidation sites excluding steroid dienone is 3. The van der Waals surface area contributed by atoms with Crippen LogP contribution in [-0.2, 0) is 21.5 Å². The van der Waals surface area contributed by atoms with E-state index in [1.165, 1.54) is 33.1 Å². The Kier molecular flexibility index (Phi) is 6.06.